The van der Waals surface area contributed by atoms with Crippen LogP contribution in [-0.2, 0) is 9.53 Å². The maximum absolute atomic E-state index is 11.4. The minimum atomic E-state index is -0.476. The summed E-state index contributed by atoms with van der Waals surface area (Å²) >= 11 is 0. The minimum absolute atomic E-state index is 0.0549. The molecule has 2 N–H and O–H groups in total. The van der Waals surface area contributed by atoms with E-state index in [2.05, 4.69) is 0 Å². The second kappa shape index (κ2) is 6.02. The minimum Gasteiger partial charge on any atom is -0.461 e. The molecule has 0 aromatic heterocycles. The lowest BCUT2D eigenvalue weighted by atomic mass is 10.0. The Labute approximate surface area is 87.0 Å². The number of nitrogens with two attached hydrogens (primary N) is 1. The molecule has 84 valence electrons. The van der Waals surface area contributed by atoms with Gasteiger partial charge in [-0.15, -0.1) is 0 Å². The normalized spacial score (nSPS) is 15.7. The summed E-state index contributed by atoms with van der Waals surface area (Å²) in [6, 6.07) is -0.476. The molecule has 0 unspecified atom stereocenters. The summed E-state index contributed by atoms with van der Waals surface area (Å²) in [5, 5.41) is 0. The zero-order valence-electron chi connectivity index (χ0n) is 9.91. The Balaban J connectivity index is 3.95. The van der Waals surface area contributed by atoms with Crippen LogP contribution in [0.15, 0.2) is 0 Å². The number of carbonyl (C=O) groups is 1. The fourth-order valence-corrected chi connectivity index (χ4v) is 1.01. The van der Waals surface area contributed by atoms with Crippen LogP contribution in [0, 0.1) is 11.8 Å². The molecule has 0 aliphatic carbocycles. The van der Waals surface area contributed by atoms with Crippen molar-refractivity contribution < 1.29 is 9.53 Å². The van der Waals surface area contributed by atoms with E-state index in [-0.39, 0.29) is 12.1 Å². The summed E-state index contributed by atoms with van der Waals surface area (Å²) in [6.07, 6.45) is 0.629. The van der Waals surface area contributed by atoms with Crippen molar-refractivity contribution in [2.24, 2.45) is 17.6 Å². The second-order valence-electron chi connectivity index (χ2n) is 4.62. The Morgan fingerprint density at radius 3 is 2.07 bits per heavy atom. The summed E-state index contributed by atoms with van der Waals surface area (Å²) in [6.45, 7) is 10.0. The summed E-state index contributed by atoms with van der Waals surface area (Å²) in [4.78, 5) is 11.4. The summed E-state index contributed by atoms with van der Waals surface area (Å²) in [7, 11) is 0. The molecule has 0 fully saturated rings. The highest BCUT2D eigenvalue weighted by molar-refractivity contribution is 5.75. The Morgan fingerprint density at radius 1 is 1.21 bits per heavy atom. The van der Waals surface area contributed by atoms with Crippen molar-refractivity contribution in [3.05, 3.63) is 0 Å². The lowest BCUT2D eigenvalue weighted by molar-refractivity contribution is -0.152. The number of ether oxygens (including phenoxy) is 1. The molecule has 0 aromatic carbocycles. The third-order valence-corrected chi connectivity index (χ3v) is 2.27. The van der Waals surface area contributed by atoms with Crippen LogP contribution in [0.3, 0.4) is 0 Å². The molecule has 0 radical (unpaired) electrons. The van der Waals surface area contributed by atoms with Crippen LogP contribution >= 0.6 is 0 Å². The predicted molar refractivity (Wildman–Crippen MR) is 57.8 cm³/mol. The van der Waals surface area contributed by atoms with Gasteiger partial charge in [0.15, 0.2) is 0 Å². The van der Waals surface area contributed by atoms with Gasteiger partial charge in [-0.1, -0.05) is 27.7 Å². The lowest BCUT2D eigenvalue weighted by Gasteiger charge is -2.20. The number of hydrogen-bond acceptors (Lipinski definition) is 3. The Hall–Kier alpha value is -0.570. The average molecular weight is 201 g/mol. The van der Waals surface area contributed by atoms with Gasteiger partial charge in [0.25, 0.3) is 0 Å². The molecule has 0 bridgehead atoms. The number of rotatable bonds is 5. The molecular weight excluding hydrogens is 178 g/mol. The van der Waals surface area contributed by atoms with Crippen molar-refractivity contribution in [3.63, 3.8) is 0 Å². The van der Waals surface area contributed by atoms with Crippen LogP contribution in [0.4, 0.5) is 0 Å². The summed E-state index contributed by atoms with van der Waals surface area (Å²) in [5.41, 5.74) is 5.69. The molecule has 0 heterocycles. The average Bonchev–Trinajstić information content (AvgIpc) is 2.02. The SMILES string of the molecule is CC(C)C[C@H](N)C(=O)O[C@@H](C)C(C)C. The van der Waals surface area contributed by atoms with E-state index in [4.69, 9.17) is 10.5 Å². The Kier molecular flexibility index (Phi) is 5.77. The molecule has 0 amide bonds. The molecular formula is C11H23NO2. The second-order valence-corrected chi connectivity index (χ2v) is 4.62. The third kappa shape index (κ3) is 5.22. The largest absolute Gasteiger partial charge is 0.461 e. The summed E-state index contributed by atoms with van der Waals surface area (Å²) < 4.78 is 5.21. The highest BCUT2D eigenvalue weighted by Crippen LogP contribution is 2.09. The van der Waals surface area contributed by atoms with E-state index >= 15 is 0 Å². The Morgan fingerprint density at radius 2 is 1.71 bits per heavy atom. The first kappa shape index (κ1) is 13.4. The Bertz CT molecular complexity index is 178. The van der Waals surface area contributed by atoms with Gasteiger partial charge in [-0.05, 0) is 25.2 Å². The zero-order chi connectivity index (χ0) is 11.3. The molecule has 0 spiro atoms. The van der Waals surface area contributed by atoms with E-state index in [0.717, 1.165) is 0 Å². The molecule has 0 rings (SSSR count). The van der Waals surface area contributed by atoms with E-state index in [0.29, 0.717) is 18.3 Å². The van der Waals surface area contributed by atoms with Crippen LogP contribution in [0.25, 0.3) is 0 Å². The standard InChI is InChI=1S/C11H23NO2/c1-7(2)6-10(12)11(13)14-9(5)8(3)4/h7-10H,6,12H2,1-5H3/t9-,10-/m0/s1. The van der Waals surface area contributed by atoms with Crippen molar-refractivity contribution >= 4 is 5.97 Å². The van der Waals surface area contributed by atoms with Gasteiger partial charge in [-0.3, -0.25) is 4.79 Å². The van der Waals surface area contributed by atoms with Gasteiger partial charge >= 0.3 is 5.97 Å². The van der Waals surface area contributed by atoms with Gasteiger partial charge in [0, 0.05) is 0 Å². The van der Waals surface area contributed by atoms with E-state index in [9.17, 15) is 4.79 Å². The van der Waals surface area contributed by atoms with Crippen molar-refractivity contribution in [2.75, 3.05) is 0 Å². The molecule has 0 saturated carbocycles. The first-order chi connectivity index (χ1) is 6.34. The quantitative estimate of drug-likeness (QED) is 0.692. The topological polar surface area (TPSA) is 52.3 Å². The van der Waals surface area contributed by atoms with Crippen LogP contribution in [0.5, 0.6) is 0 Å². The molecule has 14 heavy (non-hydrogen) atoms. The van der Waals surface area contributed by atoms with Gasteiger partial charge < -0.3 is 10.5 Å². The molecule has 0 saturated heterocycles. The van der Waals surface area contributed by atoms with Crippen LogP contribution in [0.1, 0.15) is 41.0 Å². The third-order valence-electron chi connectivity index (χ3n) is 2.27. The molecule has 3 nitrogen and oxygen atoms in total. The van der Waals surface area contributed by atoms with Gasteiger partial charge in [0.05, 0.1) is 0 Å². The van der Waals surface area contributed by atoms with Crippen molar-refractivity contribution in [3.8, 4) is 0 Å². The van der Waals surface area contributed by atoms with Crippen molar-refractivity contribution in [1.82, 2.24) is 0 Å². The molecule has 0 aliphatic heterocycles. The van der Waals surface area contributed by atoms with Gasteiger partial charge in [0.2, 0.25) is 0 Å². The van der Waals surface area contributed by atoms with Gasteiger partial charge in [-0.2, -0.15) is 0 Å². The molecule has 3 heteroatoms. The predicted octanol–water partition coefficient (Wildman–Crippen LogP) is 1.95. The maximum atomic E-state index is 11.4. The fourth-order valence-electron chi connectivity index (χ4n) is 1.01. The van der Waals surface area contributed by atoms with Gasteiger partial charge in [-0.25, -0.2) is 0 Å². The van der Waals surface area contributed by atoms with E-state index in [1.807, 2.05) is 34.6 Å². The zero-order valence-corrected chi connectivity index (χ0v) is 9.91. The number of esters is 1. The van der Waals surface area contributed by atoms with Crippen LogP contribution in [-0.4, -0.2) is 18.1 Å². The van der Waals surface area contributed by atoms with Crippen molar-refractivity contribution in [2.45, 2.75) is 53.2 Å². The highest BCUT2D eigenvalue weighted by Gasteiger charge is 2.20. The molecule has 0 aromatic rings. The monoisotopic (exact) mass is 201 g/mol. The van der Waals surface area contributed by atoms with E-state index < -0.39 is 6.04 Å². The fraction of sp³-hybridized carbons (Fsp3) is 0.909. The maximum Gasteiger partial charge on any atom is 0.323 e. The molecule has 0 aliphatic rings. The first-order valence-electron chi connectivity index (χ1n) is 5.30. The lowest BCUT2D eigenvalue weighted by Crippen LogP contribution is -2.36. The first-order valence-corrected chi connectivity index (χ1v) is 5.30. The number of hydrogen-bond donors (Lipinski definition) is 1. The van der Waals surface area contributed by atoms with Crippen LogP contribution in [0.2, 0.25) is 0 Å². The highest BCUT2D eigenvalue weighted by atomic mass is 16.5. The number of carbonyl (C=O) groups excluding carboxylic acids is 1. The van der Waals surface area contributed by atoms with Gasteiger partial charge in [0.1, 0.15) is 12.1 Å². The van der Waals surface area contributed by atoms with Crippen LogP contribution < -0.4 is 5.73 Å². The molecule has 2 atom stereocenters. The van der Waals surface area contributed by atoms with E-state index in [1.165, 1.54) is 0 Å². The van der Waals surface area contributed by atoms with E-state index in [1.54, 1.807) is 0 Å². The smallest absolute Gasteiger partial charge is 0.323 e. The van der Waals surface area contributed by atoms with Crippen molar-refractivity contribution in [1.29, 1.82) is 0 Å². The summed E-state index contributed by atoms with van der Waals surface area (Å²) in [5.74, 6) is 0.483.